The number of aliphatic hydroxyl groups is 1. The molecule has 1 heterocycles. The van der Waals surface area contributed by atoms with Crippen LogP contribution >= 0.6 is 0 Å². The van der Waals surface area contributed by atoms with Gasteiger partial charge in [0.05, 0.1) is 13.1 Å². The van der Waals surface area contributed by atoms with Gasteiger partial charge in [0.1, 0.15) is 31.5 Å². The summed E-state index contributed by atoms with van der Waals surface area (Å²) in [7, 11) is 0. The number of rotatable bonds is 8. The quantitative estimate of drug-likeness (QED) is 0.459. The molecule has 3 heteroatoms. The summed E-state index contributed by atoms with van der Waals surface area (Å²) < 4.78 is 6.92. The Bertz CT molecular complexity index is 945. The van der Waals surface area contributed by atoms with Crippen molar-refractivity contribution in [1.29, 1.82) is 0 Å². The van der Waals surface area contributed by atoms with Crippen molar-refractivity contribution >= 4 is 0 Å². The standard InChI is InChI=1S/C29H36NO2/c1-23-17-24(2)19-30(18-23,20-25-9-5-3-6-10-25)21-28(31)22-32-29-15-13-27(14-16-29)26-11-7-4-8-12-26/h3-16,23-24,28,31H,17-22H2,1-2H3/q+1/t23-,24-,28-/m0/s1. The van der Waals surface area contributed by atoms with E-state index in [9.17, 15) is 5.11 Å². The zero-order valence-corrected chi connectivity index (χ0v) is 19.4. The third kappa shape index (κ3) is 5.99. The van der Waals surface area contributed by atoms with Crippen molar-refractivity contribution in [2.24, 2.45) is 11.8 Å². The lowest BCUT2D eigenvalue weighted by molar-refractivity contribution is -0.954. The first-order valence-corrected chi connectivity index (χ1v) is 11.9. The molecule has 1 fully saturated rings. The minimum absolute atomic E-state index is 0.322. The number of aliphatic hydroxyl groups excluding tert-OH is 1. The fraction of sp³-hybridized carbons (Fsp3) is 0.379. The van der Waals surface area contributed by atoms with Gasteiger partial charge < -0.3 is 14.3 Å². The summed E-state index contributed by atoms with van der Waals surface area (Å²) in [4.78, 5) is 0. The van der Waals surface area contributed by atoms with Crippen LogP contribution in [0.2, 0.25) is 0 Å². The van der Waals surface area contributed by atoms with Crippen molar-refractivity contribution < 1.29 is 14.3 Å². The van der Waals surface area contributed by atoms with Gasteiger partial charge >= 0.3 is 0 Å². The van der Waals surface area contributed by atoms with E-state index < -0.39 is 6.10 Å². The van der Waals surface area contributed by atoms with Crippen molar-refractivity contribution in [1.82, 2.24) is 0 Å². The molecular weight excluding hydrogens is 394 g/mol. The number of hydrogen-bond acceptors (Lipinski definition) is 2. The van der Waals surface area contributed by atoms with Crippen LogP contribution < -0.4 is 4.74 Å². The molecule has 1 aliphatic rings. The maximum atomic E-state index is 11.0. The van der Waals surface area contributed by atoms with Crippen molar-refractivity contribution in [3.05, 3.63) is 90.5 Å². The molecule has 1 N–H and O–H groups in total. The van der Waals surface area contributed by atoms with E-state index >= 15 is 0 Å². The molecule has 1 saturated heterocycles. The van der Waals surface area contributed by atoms with Crippen LogP contribution in [0.4, 0.5) is 0 Å². The summed E-state index contributed by atoms with van der Waals surface area (Å²) in [6.45, 7) is 8.95. The molecule has 3 atom stereocenters. The monoisotopic (exact) mass is 430 g/mol. The highest BCUT2D eigenvalue weighted by Gasteiger charge is 2.38. The lowest BCUT2D eigenvalue weighted by Gasteiger charge is -2.47. The first-order valence-electron chi connectivity index (χ1n) is 11.9. The molecule has 3 nitrogen and oxygen atoms in total. The van der Waals surface area contributed by atoms with Gasteiger partial charge in [-0.3, -0.25) is 0 Å². The molecule has 0 bridgehead atoms. The molecule has 3 aromatic carbocycles. The van der Waals surface area contributed by atoms with Crippen LogP contribution in [0, 0.1) is 11.8 Å². The fourth-order valence-electron chi connectivity index (χ4n) is 5.61. The number of ether oxygens (including phenoxy) is 1. The number of quaternary nitrogens is 1. The van der Waals surface area contributed by atoms with Crippen molar-refractivity contribution in [3.63, 3.8) is 0 Å². The predicted molar refractivity (Wildman–Crippen MR) is 131 cm³/mol. The second kappa shape index (κ2) is 10.3. The normalized spacial score (nSPS) is 24.1. The van der Waals surface area contributed by atoms with Gasteiger partial charge in [-0.15, -0.1) is 0 Å². The molecule has 3 aromatic rings. The molecule has 0 aliphatic carbocycles. The molecule has 32 heavy (non-hydrogen) atoms. The number of piperidine rings is 1. The van der Waals surface area contributed by atoms with E-state index in [1.54, 1.807) is 0 Å². The average Bonchev–Trinajstić information content (AvgIpc) is 2.78. The van der Waals surface area contributed by atoms with E-state index in [0.717, 1.165) is 36.4 Å². The Labute approximate surface area is 192 Å². The number of likely N-dealkylation sites (tertiary alicyclic amines) is 1. The van der Waals surface area contributed by atoms with E-state index in [0.29, 0.717) is 18.4 Å². The summed E-state index contributed by atoms with van der Waals surface area (Å²) in [5, 5.41) is 11.0. The zero-order chi connectivity index (χ0) is 22.4. The fourth-order valence-corrected chi connectivity index (χ4v) is 5.61. The van der Waals surface area contributed by atoms with Gasteiger partial charge in [-0.1, -0.05) is 86.6 Å². The first-order chi connectivity index (χ1) is 15.5. The molecule has 0 radical (unpaired) electrons. The molecule has 0 spiro atoms. The van der Waals surface area contributed by atoms with Crippen molar-refractivity contribution in [3.8, 4) is 16.9 Å². The summed E-state index contributed by atoms with van der Waals surface area (Å²) in [6, 6.07) is 29.2. The predicted octanol–water partition coefficient (Wildman–Crippen LogP) is 5.79. The Morgan fingerprint density at radius 2 is 1.38 bits per heavy atom. The smallest absolute Gasteiger partial charge is 0.137 e. The maximum Gasteiger partial charge on any atom is 0.137 e. The maximum absolute atomic E-state index is 11.0. The molecule has 0 aromatic heterocycles. The summed E-state index contributed by atoms with van der Waals surface area (Å²) in [5.41, 5.74) is 3.71. The van der Waals surface area contributed by atoms with Crippen LogP contribution in [0.5, 0.6) is 5.75 Å². The van der Waals surface area contributed by atoms with E-state index in [1.165, 1.54) is 23.1 Å². The Hall–Kier alpha value is -2.62. The Morgan fingerprint density at radius 3 is 2.00 bits per heavy atom. The molecule has 4 rings (SSSR count). The summed E-state index contributed by atoms with van der Waals surface area (Å²) in [6.07, 6.45) is 0.778. The van der Waals surface area contributed by atoms with Gasteiger partial charge in [0, 0.05) is 17.4 Å². The van der Waals surface area contributed by atoms with Crippen molar-refractivity contribution in [2.45, 2.75) is 32.9 Å². The van der Waals surface area contributed by atoms with Crippen LogP contribution in [-0.2, 0) is 6.54 Å². The largest absolute Gasteiger partial charge is 0.491 e. The van der Waals surface area contributed by atoms with E-state index in [-0.39, 0.29) is 0 Å². The number of hydrogen-bond donors (Lipinski definition) is 1. The van der Waals surface area contributed by atoms with Gasteiger partial charge in [0.2, 0.25) is 0 Å². The van der Waals surface area contributed by atoms with Crippen LogP contribution in [0.1, 0.15) is 25.8 Å². The first kappa shape index (κ1) is 22.6. The van der Waals surface area contributed by atoms with Crippen LogP contribution in [0.15, 0.2) is 84.9 Å². The van der Waals surface area contributed by atoms with Crippen LogP contribution in [0.3, 0.4) is 0 Å². The Kier molecular flexibility index (Phi) is 7.29. The Morgan fingerprint density at radius 1 is 0.812 bits per heavy atom. The van der Waals surface area contributed by atoms with Gasteiger partial charge in [-0.2, -0.15) is 0 Å². The van der Waals surface area contributed by atoms with E-state index in [4.69, 9.17) is 4.74 Å². The van der Waals surface area contributed by atoms with Crippen LogP contribution in [0.25, 0.3) is 11.1 Å². The lowest BCUT2D eigenvalue weighted by atomic mass is 9.88. The van der Waals surface area contributed by atoms with Crippen molar-refractivity contribution in [2.75, 3.05) is 26.2 Å². The highest BCUT2D eigenvalue weighted by atomic mass is 16.5. The third-order valence-electron chi connectivity index (χ3n) is 6.57. The molecule has 168 valence electrons. The van der Waals surface area contributed by atoms with E-state index in [1.807, 2.05) is 30.3 Å². The second-order valence-electron chi connectivity index (χ2n) is 9.83. The number of nitrogens with zero attached hydrogens (tertiary/aromatic N) is 1. The minimum atomic E-state index is -0.495. The minimum Gasteiger partial charge on any atom is -0.491 e. The third-order valence-corrected chi connectivity index (χ3v) is 6.57. The summed E-state index contributed by atoms with van der Waals surface area (Å²) in [5.74, 6) is 2.14. The second-order valence-corrected chi connectivity index (χ2v) is 9.83. The topological polar surface area (TPSA) is 29.5 Å². The SMILES string of the molecule is C[C@H]1C[C@H](C)C[N+](Cc2ccccc2)(C[C@H](O)COc2ccc(-c3ccccc3)cc2)C1. The van der Waals surface area contributed by atoms with Gasteiger partial charge in [-0.25, -0.2) is 0 Å². The molecule has 0 unspecified atom stereocenters. The molecule has 0 amide bonds. The van der Waals surface area contributed by atoms with Gasteiger partial charge in [0.25, 0.3) is 0 Å². The lowest BCUT2D eigenvalue weighted by Crippen LogP contribution is -2.59. The van der Waals surface area contributed by atoms with Crippen LogP contribution in [-0.4, -0.2) is 41.9 Å². The highest BCUT2D eigenvalue weighted by molar-refractivity contribution is 5.63. The van der Waals surface area contributed by atoms with E-state index in [2.05, 4.69) is 68.4 Å². The van der Waals surface area contributed by atoms with Gasteiger partial charge in [0.15, 0.2) is 0 Å². The Balaban J connectivity index is 1.39. The average molecular weight is 431 g/mol. The highest BCUT2D eigenvalue weighted by Crippen LogP contribution is 2.30. The number of benzene rings is 3. The molecule has 0 saturated carbocycles. The summed E-state index contributed by atoms with van der Waals surface area (Å²) >= 11 is 0. The van der Waals surface area contributed by atoms with Gasteiger partial charge in [-0.05, 0) is 29.7 Å². The molecular formula is C29H36NO2+. The molecule has 1 aliphatic heterocycles. The zero-order valence-electron chi connectivity index (χ0n) is 19.4.